The second kappa shape index (κ2) is 5.91. The summed E-state index contributed by atoms with van der Waals surface area (Å²) >= 11 is 0. The Kier molecular flexibility index (Phi) is 3.73. The monoisotopic (exact) mass is 317 g/mol. The lowest BCUT2D eigenvalue weighted by Gasteiger charge is -2.24. The highest BCUT2D eigenvalue weighted by molar-refractivity contribution is 5.87. The molecule has 1 aliphatic heterocycles. The first-order valence-corrected chi connectivity index (χ1v) is 8.51. The molecule has 2 aromatic heterocycles. The molecule has 3 heterocycles. The highest BCUT2D eigenvalue weighted by Crippen LogP contribution is 2.32. The van der Waals surface area contributed by atoms with Gasteiger partial charge in [0, 0.05) is 55.0 Å². The molecule has 0 N–H and O–H groups in total. The number of hydrogen-bond acceptors (Lipinski definition) is 2. The Morgan fingerprint density at radius 3 is 2.96 bits per heavy atom. The van der Waals surface area contributed by atoms with Gasteiger partial charge in [0.25, 0.3) is 0 Å². The highest BCUT2D eigenvalue weighted by Gasteiger charge is 2.22. The van der Waals surface area contributed by atoms with Crippen molar-refractivity contribution in [1.29, 1.82) is 0 Å². The minimum absolute atomic E-state index is 0.824. The normalized spacial score (nSPS) is 14.8. The van der Waals surface area contributed by atoms with Gasteiger partial charge in [-0.15, -0.1) is 0 Å². The van der Waals surface area contributed by atoms with Gasteiger partial charge in [-0.05, 0) is 48.9 Å². The topological polar surface area (TPSA) is 21.1 Å². The molecule has 3 heteroatoms. The van der Waals surface area contributed by atoms with E-state index in [1.807, 2.05) is 18.5 Å². The van der Waals surface area contributed by atoms with Gasteiger partial charge in [0.15, 0.2) is 0 Å². The summed E-state index contributed by atoms with van der Waals surface area (Å²) in [5.74, 6) is 0. The van der Waals surface area contributed by atoms with E-state index >= 15 is 0 Å². The van der Waals surface area contributed by atoms with Crippen molar-refractivity contribution in [1.82, 2.24) is 14.5 Å². The lowest BCUT2D eigenvalue weighted by atomic mass is 10.0. The van der Waals surface area contributed by atoms with Gasteiger partial charge in [0.05, 0.1) is 0 Å². The van der Waals surface area contributed by atoms with Crippen molar-refractivity contribution in [3.05, 3.63) is 71.7 Å². The summed E-state index contributed by atoms with van der Waals surface area (Å²) in [5.41, 5.74) is 7.84. The van der Waals surface area contributed by atoms with Crippen LogP contribution < -0.4 is 0 Å². The van der Waals surface area contributed by atoms with E-state index in [2.05, 4.69) is 59.3 Å². The van der Waals surface area contributed by atoms with Crippen LogP contribution in [0.15, 0.2) is 49.3 Å². The summed E-state index contributed by atoms with van der Waals surface area (Å²) < 4.78 is 2.46. The molecule has 4 rings (SSSR count). The van der Waals surface area contributed by atoms with Crippen molar-refractivity contribution in [3.8, 4) is 0 Å². The van der Waals surface area contributed by atoms with Gasteiger partial charge in [-0.3, -0.25) is 4.98 Å². The molecule has 0 saturated heterocycles. The molecule has 1 aliphatic rings. The maximum Gasteiger partial charge on any atom is 0.0489 e. The van der Waals surface area contributed by atoms with Crippen LogP contribution in [0.3, 0.4) is 0 Å². The first kappa shape index (κ1) is 15.2. The third-order valence-electron chi connectivity index (χ3n) is 5.02. The largest absolute Gasteiger partial charge is 0.340 e. The maximum absolute atomic E-state index is 4.32. The smallest absolute Gasteiger partial charge is 0.0489 e. The minimum Gasteiger partial charge on any atom is -0.340 e. The van der Waals surface area contributed by atoms with Crippen LogP contribution in [0.2, 0.25) is 0 Å². The van der Waals surface area contributed by atoms with Gasteiger partial charge in [-0.1, -0.05) is 24.3 Å². The lowest BCUT2D eigenvalue weighted by Crippen LogP contribution is -2.27. The van der Waals surface area contributed by atoms with E-state index in [9.17, 15) is 0 Å². The van der Waals surface area contributed by atoms with Gasteiger partial charge in [-0.25, -0.2) is 0 Å². The fourth-order valence-corrected chi connectivity index (χ4v) is 3.73. The van der Waals surface area contributed by atoms with E-state index in [0.29, 0.717) is 0 Å². The van der Waals surface area contributed by atoms with Crippen molar-refractivity contribution in [3.63, 3.8) is 0 Å². The lowest BCUT2D eigenvalue weighted by molar-refractivity contribution is 0.310. The first-order valence-electron chi connectivity index (χ1n) is 8.51. The van der Waals surface area contributed by atoms with Gasteiger partial charge in [-0.2, -0.15) is 0 Å². The summed E-state index contributed by atoms with van der Waals surface area (Å²) in [6.45, 7) is 9.45. The van der Waals surface area contributed by atoms with Crippen molar-refractivity contribution in [2.24, 2.45) is 0 Å². The average molecular weight is 317 g/mol. The number of likely N-dealkylation sites (N-methyl/N-ethyl adjacent to an activating group) is 1. The Morgan fingerprint density at radius 1 is 1.29 bits per heavy atom. The molecule has 3 nitrogen and oxygen atoms in total. The quantitative estimate of drug-likeness (QED) is 0.727. The zero-order chi connectivity index (χ0) is 16.7. The van der Waals surface area contributed by atoms with E-state index < -0.39 is 0 Å². The fourth-order valence-electron chi connectivity index (χ4n) is 3.73. The zero-order valence-electron chi connectivity index (χ0n) is 14.4. The fraction of sp³-hybridized carbons (Fsp3) is 0.286. The van der Waals surface area contributed by atoms with E-state index in [1.165, 1.54) is 27.7 Å². The van der Waals surface area contributed by atoms with Gasteiger partial charge in [0.1, 0.15) is 0 Å². The molecule has 122 valence electrons. The molecule has 24 heavy (non-hydrogen) atoms. The van der Waals surface area contributed by atoms with Crippen LogP contribution >= 0.6 is 0 Å². The van der Waals surface area contributed by atoms with Crippen LogP contribution in [-0.4, -0.2) is 28.0 Å². The Balaban J connectivity index is 1.82. The predicted molar refractivity (Wildman–Crippen MR) is 100.0 cm³/mol. The van der Waals surface area contributed by atoms with Crippen molar-refractivity contribution in [2.75, 3.05) is 13.6 Å². The molecule has 0 fully saturated rings. The van der Waals surface area contributed by atoms with E-state index in [0.717, 1.165) is 37.2 Å². The van der Waals surface area contributed by atoms with Gasteiger partial charge >= 0.3 is 0 Å². The second-order valence-electron chi connectivity index (χ2n) is 6.87. The van der Waals surface area contributed by atoms with Crippen LogP contribution in [0, 0.1) is 6.92 Å². The summed E-state index contributed by atoms with van der Waals surface area (Å²) in [5, 5.41) is 1.40. The summed E-state index contributed by atoms with van der Waals surface area (Å²) in [4.78, 5) is 6.64. The molecule has 0 unspecified atom stereocenters. The Labute approximate surface area is 143 Å². The first-order chi connectivity index (χ1) is 11.6. The third kappa shape index (κ3) is 2.55. The molecule has 0 saturated carbocycles. The van der Waals surface area contributed by atoms with Crippen LogP contribution in [0.5, 0.6) is 0 Å². The number of benzene rings is 1. The molecular weight excluding hydrogens is 294 g/mol. The predicted octanol–water partition coefficient (Wildman–Crippen LogP) is 4.05. The molecular formula is C21H23N3. The van der Waals surface area contributed by atoms with Crippen LogP contribution in [-0.2, 0) is 19.5 Å². The number of fused-ring (bicyclic) bond motifs is 3. The van der Waals surface area contributed by atoms with Crippen LogP contribution in [0.25, 0.3) is 16.5 Å². The average Bonchev–Trinajstić information content (AvgIpc) is 2.88. The number of rotatable bonds is 3. The molecule has 0 atom stereocenters. The third-order valence-corrected chi connectivity index (χ3v) is 5.02. The Bertz CT molecular complexity index is 906. The number of pyridine rings is 1. The minimum atomic E-state index is 0.824. The summed E-state index contributed by atoms with van der Waals surface area (Å²) in [7, 11) is 2.20. The van der Waals surface area contributed by atoms with Crippen LogP contribution in [0.4, 0.5) is 0 Å². The van der Waals surface area contributed by atoms with E-state index in [4.69, 9.17) is 0 Å². The Morgan fingerprint density at radius 2 is 2.17 bits per heavy atom. The number of hydrogen-bond donors (Lipinski definition) is 0. The Hall–Kier alpha value is -2.39. The molecule has 0 spiro atoms. The molecule has 0 radical (unpaired) electrons. The molecule has 3 aromatic rings. The summed E-state index contributed by atoms with van der Waals surface area (Å²) in [6.07, 6.45) is 4.81. The second-order valence-corrected chi connectivity index (χ2v) is 6.87. The van der Waals surface area contributed by atoms with Crippen molar-refractivity contribution < 1.29 is 0 Å². The maximum atomic E-state index is 4.32. The number of aromatic nitrogens is 2. The number of nitrogens with zero attached hydrogens (tertiary/aromatic N) is 3. The van der Waals surface area contributed by atoms with Crippen LogP contribution in [0.1, 0.15) is 22.4 Å². The standard InChI is InChI=1S/C21H23N3/c1-15-6-7-20-18(11-15)19-14-23(3)10-8-21(19)24(20)13-16(2)17-5-4-9-22-12-17/h4-7,9,11-12H,2,8,10,13-14H2,1,3H3. The van der Waals surface area contributed by atoms with E-state index in [-0.39, 0.29) is 0 Å². The van der Waals surface area contributed by atoms with Gasteiger partial charge in [0.2, 0.25) is 0 Å². The molecule has 0 aliphatic carbocycles. The van der Waals surface area contributed by atoms with Gasteiger partial charge < -0.3 is 9.47 Å². The number of aryl methyl sites for hydroxylation is 1. The zero-order valence-corrected chi connectivity index (χ0v) is 14.4. The SMILES string of the molecule is C=C(Cn1c2c(c3cc(C)ccc31)CN(C)CC2)c1cccnc1. The van der Waals surface area contributed by atoms with Crippen molar-refractivity contribution >= 4 is 16.5 Å². The highest BCUT2D eigenvalue weighted by atomic mass is 15.1. The number of allylic oxidation sites excluding steroid dienone is 1. The molecule has 0 amide bonds. The van der Waals surface area contributed by atoms with Crippen molar-refractivity contribution in [2.45, 2.75) is 26.4 Å². The van der Waals surface area contributed by atoms with E-state index in [1.54, 1.807) is 0 Å². The molecule has 0 bridgehead atoms. The molecule has 1 aromatic carbocycles. The summed E-state index contributed by atoms with van der Waals surface area (Å²) in [6, 6.07) is 10.9.